The van der Waals surface area contributed by atoms with E-state index < -0.39 is 5.60 Å². The second kappa shape index (κ2) is 4.75. The van der Waals surface area contributed by atoms with E-state index in [0.717, 1.165) is 11.1 Å². The van der Waals surface area contributed by atoms with Crippen LogP contribution >= 0.6 is 0 Å². The first-order valence-corrected chi connectivity index (χ1v) is 4.87. The van der Waals surface area contributed by atoms with Gasteiger partial charge >= 0.3 is 0 Å². The molecule has 0 aliphatic heterocycles. The highest BCUT2D eigenvalue weighted by Crippen LogP contribution is 2.24. The highest BCUT2D eigenvalue weighted by atomic mass is 16.7. The SMILES string of the molecule is COC(OC)c1cccc(C(C)(C)O)c1. The molecule has 1 rings (SSSR count). The van der Waals surface area contributed by atoms with Gasteiger partial charge in [0.15, 0.2) is 6.29 Å². The van der Waals surface area contributed by atoms with Crippen LogP contribution in [-0.4, -0.2) is 19.3 Å². The molecule has 0 atom stereocenters. The van der Waals surface area contributed by atoms with Crippen molar-refractivity contribution in [1.29, 1.82) is 0 Å². The van der Waals surface area contributed by atoms with Gasteiger partial charge < -0.3 is 14.6 Å². The van der Waals surface area contributed by atoms with E-state index in [1.807, 2.05) is 24.3 Å². The van der Waals surface area contributed by atoms with E-state index in [1.165, 1.54) is 0 Å². The average molecular weight is 210 g/mol. The molecule has 0 fully saturated rings. The van der Waals surface area contributed by atoms with E-state index in [0.29, 0.717) is 0 Å². The van der Waals surface area contributed by atoms with Crippen molar-refractivity contribution in [3.05, 3.63) is 35.4 Å². The molecule has 3 heteroatoms. The summed E-state index contributed by atoms with van der Waals surface area (Å²) >= 11 is 0. The Hall–Kier alpha value is -0.900. The summed E-state index contributed by atoms with van der Waals surface area (Å²) in [6.45, 7) is 3.50. The molecule has 3 nitrogen and oxygen atoms in total. The van der Waals surface area contributed by atoms with E-state index in [9.17, 15) is 5.11 Å². The molecule has 1 aromatic rings. The van der Waals surface area contributed by atoms with Gasteiger partial charge in [-0.05, 0) is 25.5 Å². The fourth-order valence-electron chi connectivity index (χ4n) is 1.43. The predicted octanol–water partition coefficient (Wildman–Crippen LogP) is 2.21. The highest BCUT2D eigenvalue weighted by molar-refractivity contribution is 5.28. The molecule has 0 aliphatic carbocycles. The fraction of sp³-hybridized carbons (Fsp3) is 0.500. The zero-order valence-corrected chi connectivity index (χ0v) is 9.65. The van der Waals surface area contributed by atoms with Gasteiger partial charge in [-0.25, -0.2) is 0 Å². The maximum absolute atomic E-state index is 9.86. The zero-order valence-electron chi connectivity index (χ0n) is 9.65. The van der Waals surface area contributed by atoms with Crippen molar-refractivity contribution in [1.82, 2.24) is 0 Å². The number of hydrogen-bond acceptors (Lipinski definition) is 3. The van der Waals surface area contributed by atoms with Crippen LogP contribution in [-0.2, 0) is 15.1 Å². The van der Waals surface area contributed by atoms with Crippen LogP contribution in [0, 0.1) is 0 Å². The first kappa shape index (κ1) is 12.2. The van der Waals surface area contributed by atoms with Gasteiger partial charge in [0.1, 0.15) is 0 Å². The molecule has 15 heavy (non-hydrogen) atoms. The molecule has 84 valence electrons. The van der Waals surface area contributed by atoms with Gasteiger partial charge in [-0.1, -0.05) is 18.2 Å². The lowest BCUT2D eigenvalue weighted by Gasteiger charge is -2.20. The summed E-state index contributed by atoms with van der Waals surface area (Å²) in [7, 11) is 3.18. The summed E-state index contributed by atoms with van der Waals surface area (Å²) in [5, 5.41) is 9.86. The Morgan fingerprint density at radius 2 is 1.80 bits per heavy atom. The third-order valence-electron chi connectivity index (χ3n) is 2.29. The second-order valence-electron chi connectivity index (χ2n) is 3.99. The van der Waals surface area contributed by atoms with Crippen molar-refractivity contribution in [2.24, 2.45) is 0 Å². The quantitative estimate of drug-likeness (QED) is 0.774. The van der Waals surface area contributed by atoms with Crippen LogP contribution in [0.3, 0.4) is 0 Å². The van der Waals surface area contributed by atoms with Gasteiger partial charge in [0.05, 0.1) is 5.60 Å². The first-order valence-electron chi connectivity index (χ1n) is 4.87. The van der Waals surface area contributed by atoms with E-state index in [1.54, 1.807) is 28.1 Å². The summed E-state index contributed by atoms with van der Waals surface area (Å²) in [6, 6.07) is 7.56. The van der Waals surface area contributed by atoms with Crippen LogP contribution in [0.5, 0.6) is 0 Å². The van der Waals surface area contributed by atoms with Crippen LogP contribution < -0.4 is 0 Å². The second-order valence-corrected chi connectivity index (χ2v) is 3.99. The predicted molar refractivity (Wildman–Crippen MR) is 58.4 cm³/mol. The van der Waals surface area contributed by atoms with Gasteiger partial charge in [-0.3, -0.25) is 0 Å². The zero-order chi connectivity index (χ0) is 11.5. The average Bonchev–Trinajstić information content (AvgIpc) is 2.19. The van der Waals surface area contributed by atoms with E-state index in [4.69, 9.17) is 9.47 Å². The topological polar surface area (TPSA) is 38.7 Å². The molecule has 1 aromatic carbocycles. The van der Waals surface area contributed by atoms with Crippen molar-refractivity contribution in [2.75, 3.05) is 14.2 Å². The molecular formula is C12H18O3. The Labute approximate surface area is 90.6 Å². The van der Waals surface area contributed by atoms with Gasteiger partial charge in [0.25, 0.3) is 0 Å². The lowest BCUT2D eigenvalue weighted by Crippen LogP contribution is -2.16. The minimum atomic E-state index is -0.845. The molecule has 0 radical (unpaired) electrons. The maximum atomic E-state index is 9.86. The third kappa shape index (κ3) is 3.02. The Morgan fingerprint density at radius 3 is 2.27 bits per heavy atom. The van der Waals surface area contributed by atoms with Gasteiger partial charge in [0, 0.05) is 19.8 Å². The van der Waals surface area contributed by atoms with Crippen LogP contribution in [0.4, 0.5) is 0 Å². The number of hydrogen-bond donors (Lipinski definition) is 1. The Kier molecular flexibility index (Phi) is 3.85. The summed E-state index contributed by atoms with van der Waals surface area (Å²) in [6.07, 6.45) is -0.382. The molecule has 0 saturated heterocycles. The van der Waals surface area contributed by atoms with Crippen molar-refractivity contribution >= 4 is 0 Å². The largest absolute Gasteiger partial charge is 0.386 e. The molecule has 0 bridgehead atoms. The van der Waals surface area contributed by atoms with Crippen LogP contribution in [0.1, 0.15) is 31.3 Å². The Morgan fingerprint density at radius 1 is 1.20 bits per heavy atom. The smallest absolute Gasteiger partial charge is 0.183 e. The summed E-state index contributed by atoms with van der Waals surface area (Å²) in [5.74, 6) is 0. The molecule has 0 amide bonds. The third-order valence-corrected chi connectivity index (χ3v) is 2.29. The van der Waals surface area contributed by atoms with Crippen LogP contribution in [0.25, 0.3) is 0 Å². The molecule has 1 N–H and O–H groups in total. The fourth-order valence-corrected chi connectivity index (χ4v) is 1.43. The van der Waals surface area contributed by atoms with Gasteiger partial charge in [0.2, 0.25) is 0 Å². The van der Waals surface area contributed by atoms with E-state index in [-0.39, 0.29) is 6.29 Å². The summed E-state index contributed by atoms with van der Waals surface area (Å²) in [4.78, 5) is 0. The molecule has 0 aliphatic rings. The molecule has 0 heterocycles. The number of aliphatic hydroxyl groups is 1. The minimum Gasteiger partial charge on any atom is -0.386 e. The number of methoxy groups -OCH3 is 2. The lowest BCUT2D eigenvalue weighted by molar-refractivity contribution is -0.106. The van der Waals surface area contributed by atoms with Crippen molar-refractivity contribution in [3.63, 3.8) is 0 Å². The Bertz CT molecular complexity index is 311. The molecule has 0 aromatic heterocycles. The molecule has 0 unspecified atom stereocenters. The number of benzene rings is 1. The van der Waals surface area contributed by atoms with Crippen LogP contribution in [0.2, 0.25) is 0 Å². The van der Waals surface area contributed by atoms with Crippen molar-refractivity contribution in [2.45, 2.75) is 25.7 Å². The minimum absolute atomic E-state index is 0.382. The first-order chi connectivity index (χ1) is 6.99. The van der Waals surface area contributed by atoms with Crippen LogP contribution in [0.15, 0.2) is 24.3 Å². The maximum Gasteiger partial charge on any atom is 0.183 e. The van der Waals surface area contributed by atoms with Gasteiger partial charge in [-0.15, -0.1) is 0 Å². The molecule has 0 saturated carbocycles. The normalized spacial score (nSPS) is 12.1. The van der Waals surface area contributed by atoms with Gasteiger partial charge in [-0.2, -0.15) is 0 Å². The number of ether oxygens (including phenoxy) is 2. The monoisotopic (exact) mass is 210 g/mol. The lowest BCUT2D eigenvalue weighted by atomic mass is 9.96. The van der Waals surface area contributed by atoms with Crippen molar-refractivity contribution < 1.29 is 14.6 Å². The van der Waals surface area contributed by atoms with E-state index >= 15 is 0 Å². The highest BCUT2D eigenvalue weighted by Gasteiger charge is 2.18. The van der Waals surface area contributed by atoms with Crippen molar-refractivity contribution in [3.8, 4) is 0 Å². The molecule has 0 spiro atoms. The summed E-state index contributed by atoms with van der Waals surface area (Å²) in [5.41, 5.74) is 0.904. The molecular weight excluding hydrogens is 192 g/mol. The Balaban J connectivity index is 3.02. The van der Waals surface area contributed by atoms with E-state index in [2.05, 4.69) is 0 Å². The number of rotatable bonds is 4. The standard InChI is InChI=1S/C12H18O3/c1-12(2,13)10-7-5-6-9(8-10)11(14-3)15-4/h5-8,11,13H,1-4H3. The summed E-state index contributed by atoms with van der Waals surface area (Å²) < 4.78 is 10.3.